The molecular formula is C10H15NOS. The second-order valence-electron chi connectivity index (χ2n) is 3.55. The third-order valence-corrected chi connectivity index (χ3v) is 3.17. The number of hydrogen-bond acceptors (Lipinski definition) is 3. The van der Waals surface area contributed by atoms with Crippen LogP contribution >= 0.6 is 11.3 Å². The van der Waals surface area contributed by atoms with Crippen LogP contribution in [0.2, 0.25) is 0 Å². The molecule has 1 saturated carbocycles. The molecule has 1 fully saturated rings. The van der Waals surface area contributed by atoms with Crippen LogP contribution in [0.25, 0.3) is 0 Å². The Morgan fingerprint density at radius 3 is 3.00 bits per heavy atom. The lowest BCUT2D eigenvalue weighted by molar-refractivity contribution is 0.281. The predicted octanol–water partition coefficient (Wildman–Crippen LogP) is 1.78. The van der Waals surface area contributed by atoms with E-state index in [1.807, 2.05) is 0 Å². The summed E-state index contributed by atoms with van der Waals surface area (Å²) in [4.78, 5) is 0. The molecule has 1 atom stereocenters. The van der Waals surface area contributed by atoms with Gasteiger partial charge >= 0.3 is 0 Å². The van der Waals surface area contributed by atoms with Gasteiger partial charge in [-0.2, -0.15) is 11.3 Å². The van der Waals surface area contributed by atoms with Crippen LogP contribution in [0.1, 0.15) is 24.4 Å². The molecule has 0 spiro atoms. The topological polar surface area (TPSA) is 32.3 Å². The van der Waals surface area contributed by atoms with Crippen molar-refractivity contribution in [2.45, 2.75) is 18.9 Å². The first-order chi connectivity index (χ1) is 6.42. The molecule has 2 nitrogen and oxygen atoms in total. The van der Waals surface area contributed by atoms with Crippen molar-refractivity contribution in [3.8, 4) is 0 Å². The Hall–Kier alpha value is -0.380. The van der Waals surface area contributed by atoms with Crippen molar-refractivity contribution in [2.75, 3.05) is 13.2 Å². The van der Waals surface area contributed by atoms with Crippen molar-refractivity contribution in [3.63, 3.8) is 0 Å². The SMILES string of the molecule is OCCNC(c1ccsc1)C1CC1. The summed E-state index contributed by atoms with van der Waals surface area (Å²) in [5.41, 5.74) is 1.39. The molecule has 0 saturated heterocycles. The summed E-state index contributed by atoms with van der Waals surface area (Å²) in [6.45, 7) is 0.935. The van der Waals surface area contributed by atoms with Crippen LogP contribution in [0, 0.1) is 5.92 Å². The number of hydrogen-bond donors (Lipinski definition) is 2. The molecule has 1 aliphatic rings. The van der Waals surface area contributed by atoms with Gasteiger partial charge in [0.1, 0.15) is 0 Å². The first-order valence-electron chi connectivity index (χ1n) is 4.78. The first kappa shape index (κ1) is 9.19. The van der Waals surface area contributed by atoms with Gasteiger partial charge in [-0.05, 0) is 41.1 Å². The average molecular weight is 197 g/mol. The molecule has 2 N–H and O–H groups in total. The Labute approximate surface area is 82.6 Å². The first-order valence-corrected chi connectivity index (χ1v) is 5.72. The summed E-state index contributed by atoms with van der Waals surface area (Å²) in [5, 5.41) is 16.5. The molecule has 3 heteroatoms. The minimum atomic E-state index is 0.230. The standard InChI is InChI=1S/C10H15NOS/c12-5-4-11-10(8-1-2-8)9-3-6-13-7-9/h3,6-8,10-12H,1-2,4-5H2. The largest absolute Gasteiger partial charge is 0.395 e. The zero-order valence-corrected chi connectivity index (χ0v) is 8.39. The highest BCUT2D eigenvalue weighted by molar-refractivity contribution is 7.07. The molecule has 0 radical (unpaired) electrons. The second kappa shape index (κ2) is 4.22. The number of aliphatic hydroxyl groups excluding tert-OH is 1. The van der Waals surface area contributed by atoms with Gasteiger partial charge in [0.15, 0.2) is 0 Å². The summed E-state index contributed by atoms with van der Waals surface area (Å²) in [7, 11) is 0. The van der Waals surface area contributed by atoms with Crippen molar-refractivity contribution in [1.82, 2.24) is 5.32 Å². The van der Waals surface area contributed by atoms with Gasteiger partial charge in [0.05, 0.1) is 6.61 Å². The summed E-state index contributed by atoms with van der Waals surface area (Å²) in [5.74, 6) is 0.807. The molecule has 0 aromatic carbocycles. The van der Waals surface area contributed by atoms with E-state index in [4.69, 9.17) is 5.11 Å². The van der Waals surface area contributed by atoms with Gasteiger partial charge in [-0.1, -0.05) is 0 Å². The maximum Gasteiger partial charge on any atom is 0.0556 e. The third-order valence-electron chi connectivity index (χ3n) is 2.47. The van der Waals surface area contributed by atoms with E-state index in [2.05, 4.69) is 22.1 Å². The minimum absolute atomic E-state index is 0.230. The summed E-state index contributed by atoms with van der Waals surface area (Å²) < 4.78 is 0. The molecule has 0 amide bonds. The van der Waals surface area contributed by atoms with Gasteiger partial charge in [0.2, 0.25) is 0 Å². The zero-order valence-electron chi connectivity index (χ0n) is 7.57. The maximum absolute atomic E-state index is 8.75. The van der Waals surface area contributed by atoms with Crippen LogP contribution in [0.5, 0.6) is 0 Å². The average Bonchev–Trinajstić information content (AvgIpc) is 2.82. The summed E-state index contributed by atoms with van der Waals surface area (Å²) in [6.07, 6.45) is 2.66. The Kier molecular flexibility index (Phi) is 2.98. The molecule has 1 unspecified atom stereocenters. The van der Waals surface area contributed by atoms with Crippen LogP contribution in [0.15, 0.2) is 16.8 Å². The second-order valence-corrected chi connectivity index (χ2v) is 4.33. The highest BCUT2D eigenvalue weighted by atomic mass is 32.1. The van der Waals surface area contributed by atoms with E-state index in [9.17, 15) is 0 Å². The third kappa shape index (κ3) is 2.30. The van der Waals surface area contributed by atoms with E-state index in [0.29, 0.717) is 12.6 Å². The van der Waals surface area contributed by atoms with Gasteiger partial charge in [0, 0.05) is 12.6 Å². The van der Waals surface area contributed by atoms with E-state index >= 15 is 0 Å². The van der Waals surface area contributed by atoms with Gasteiger partial charge in [-0.15, -0.1) is 0 Å². The van der Waals surface area contributed by atoms with Gasteiger partial charge in [-0.3, -0.25) is 0 Å². The van der Waals surface area contributed by atoms with Crippen LogP contribution < -0.4 is 5.32 Å². The minimum Gasteiger partial charge on any atom is -0.395 e. The lowest BCUT2D eigenvalue weighted by Crippen LogP contribution is -2.25. The van der Waals surface area contributed by atoms with Crippen molar-refractivity contribution in [1.29, 1.82) is 0 Å². The summed E-state index contributed by atoms with van der Waals surface area (Å²) >= 11 is 1.74. The Bertz CT molecular complexity index is 243. The fourth-order valence-corrected chi connectivity index (χ4v) is 2.35. The van der Waals surface area contributed by atoms with Gasteiger partial charge < -0.3 is 10.4 Å². The smallest absolute Gasteiger partial charge is 0.0556 e. The number of thiophene rings is 1. The quantitative estimate of drug-likeness (QED) is 0.754. The van der Waals surface area contributed by atoms with Crippen molar-refractivity contribution in [2.24, 2.45) is 5.92 Å². The molecule has 1 heterocycles. The molecule has 13 heavy (non-hydrogen) atoms. The van der Waals surface area contributed by atoms with E-state index in [-0.39, 0.29) is 6.61 Å². The molecule has 1 aromatic heterocycles. The zero-order chi connectivity index (χ0) is 9.10. The highest BCUT2D eigenvalue weighted by Gasteiger charge is 2.31. The van der Waals surface area contributed by atoms with Crippen LogP contribution in [-0.4, -0.2) is 18.3 Å². The molecule has 0 bridgehead atoms. The maximum atomic E-state index is 8.75. The van der Waals surface area contributed by atoms with Gasteiger partial charge in [0.25, 0.3) is 0 Å². The molecule has 72 valence electrons. The van der Waals surface area contributed by atoms with E-state index in [1.54, 1.807) is 11.3 Å². The van der Waals surface area contributed by atoms with Gasteiger partial charge in [-0.25, -0.2) is 0 Å². The monoisotopic (exact) mass is 197 g/mol. The van der Waals surface area contributed by atoms with Crippen LogP contribution in [-0.2, 0) is 0 Å². The van der Waals surface area contributed by atoms with E-state index in [0.717, 1.165) is 5.92 Å². The lowest BCUT2D eigenvalue weighted by Gasteiger charge is -2.16. The van der Waals surface area contributed by atoms with Crippen LogP contribution in [0.4, 0.5) is 0 Å². The van der Waals surface area contributed by atoms with Crippen molar-refractivity contribution < 1.29 is 5.11 Å². The fourth-order valence-electron chi connectivity index (χ4n) is 1.66. The Morgan fingerprint density at radius 1 is 1.62 bits per heavy atom. The molecule has 1 aliphatic carbocycles. The fraction of sp³-hybridized carbons (Fsp3) is 0.600. The number of rotatable bonds is 5. The van der Waals surface area contributed by atoms with Crippen molar-refractivity contribution in [3.05, 3.63) is 22.4 Å². The van der Waals surface area contributed by atoms with Crippen molar-refractivity contribution >= 4 is 11.3 Å². The molecule has 2 rings (SSSR count). The predicted molar refractivity (Wildman–Crippen MR) is 54.9 cm³/mol. The molecule has 0 aliphatic heterocycles. The highest BCUT2D eigenvalue weighted by Crippen LogP contribution is 2.41. The number of aliphatic hydroxyl groups is 1. The normalized spacial score (nSPS) is 18.8. The Morgan fingerprint density at radius 2 is 2.46 bits per heavy atom. The summed E-state index contributed by atoms with van der Waals surface area (Å²) in [6, 6.07) is 2.66. The van der Waals surface area contributed by atoms with Crippen LogP contribution in [0.3, 0.4) is 0 Å². The Balaban J connectivity index is 1.97. The number of nitrogens with one attached hydrogen (secondary N) is 1. The molecular weight excluding hydrogens is 182 g/mol. The lowest BCUT2D eigenvalue weighted by atomic mass is 10.1. The van der Waals surface area contributed by atoms with E-state index in [1.165, 1.54) is 18.4 Å². The van der Waals surface area contributed by atoms with E-state index < -0.39 is 0 Å². The molecule has 1 aromatic rings.